The Kier molecular flexibility index (Phi) is 2.32. The van der Waals surface area contributed by atoms with E-state index in [2.05, 4.69) is 15.3 Å². The van der Waals surface area contributed by atoms with Crippen LogP contribution in [-0.2, 0) is 6.42 Å². The summed E-state index contributed by atoms with van der Waals surface area (Å²) in [4.78, 5) is 8.10. The first-order chi connectivity index (χ1) is 5.95. The first-order valence-electron chi connectivity index (χ1n) is 4.41. The van der Waals surface area contributed by atoms with E-state index >= 15 is 0 Å². The van der Waals surface area contributed by atoms with Crippen LogP contribution in [0.15, 0.2) is 18.6 Å². The number of hydrogen-bond donors (Lipinski definition) is 1. The Bertz CT molecular complexity index is 229. The standard InChI is InChI=1S/C9H13N3/c1-3-10-6-8(1)5-9-2-4-11-7-12-9/h2,4,7-8,10H,1,3,5-6H2. The molecule has 1 N–H and O–H groups in total. The highest BCUT2D eigenvalue weighted by Gasteiger charge is 2.14. The van der Waals surface area contributed by atoms with Gasteiger partial charge in [0.2, 0.25) is 0 Å². The molecule has 1 aliphatic heterocycles. The molecule has 64 valence electrons. The SMILES string of the molecule is c1cc(CC2CCNC2)ncn1. The summed E-state index contributed by atoms with van der Waals surface area (Å²) in [5, 5.41) is 3.35. The van der Waals surface area contributed by atoms with Crippen molar-refractivity contribution >= 4 is 0 Å². The van der Waals surface area contributed by atoms with Crippen LogP contribution in [0.25, 0.3) is 0 Å². The number of hydrogen-bond acceptors (Lipinski definition) is 3. The van der Waals surface area contributed by atoms with Gasteiger partial charge in [-0.3, -0.25) is 0 Å². The summed E-state index contributed by atoms with van der Waals surface area (Å²) in [6.45, 7) is 2.31. The van der Waals surface area contributed by atoms with Gasteiger partial charge in [0.05, 0.1) is 0 Å². The lowest BCUT2D eigenvalue weighted by molar-refractivity contribution is 0.571. The van der Waals surface area contributed by atoms with Gasteiger partial charge in [0.15, 0.2) is 0 Å². The summed E-state index contributed by atoms with van der Waals surface area (Å²) in [6, 6.07) is 2.00. The number of rotatable bonds is 2. The van der Waals surface area contributed by atoms with Crippen molar-refractivity contribution in [2.75, 3.05) is 13.1 Å². The van der Waals surface area contributed by atoms with Crippen molar-refractivity contribution in [1.29, 1.82) is 0 Å². The molecule has 1 atom stereocenters. The zero-order chi connectivity index (χ0) is 8.23. The monoisotopic (exact) mass is 163 g/mol. The van der Waals surface area contributed by atoms with Crippen molar-refractivity contribution < 1.29 is 0 Å². The molecule has 1 unspecified atom stereocenters. The maximum Gasteiger partial charge on any atom is 0.115 e. The van der Waals surface area contributed by atoms with Crippen molar-refractivity contribution in [2.24, 2.45) is 5.92 Å². The molecule has 3 nitrogen and oxygen atoms in total. The van der Waals surface area contributed by atoms with E-state index in [-0.39, 0.29) is 0 Å². The zero-order valence-corrected chi connectivity index (χ0v) is 7.03. The minimum atomic E-state index is 0.778. The van der Waals surface area contributed by atoms with Crippen LogP contribution < -0.4 is 5.32 Å². The van der Waals surface area contributed by atoms with E-state index < -0.39 is 0 Å². The Morgan fingerprint density at radius 3 is 3.25 bits per heavy atom. The van der Waals surface area contributed by atoms with E-state index in [4.69, 9.17) is 0 Å². The topological polar surface area (TPSA) is 37.8 Å². The predicted octanol–water partition coefficient (Wildman–Crippen LogP) is 0.629. The van der Waals surface area contributed by atoms with Crippen LogP contribution in [0.1, 0.15) is 12.1 Å². The van der Waals surface area contributed by atoms with Crippen molar-refractivity contribution in [3.8, 4) is 0 Å². The van der Waals surface area contributed by atoms with Gasteiger partial charge in [0.1, 0.15) is 6.33 Å². The quantitative estimate of drug-likeness (QED) is 0.695. The van der Waals surface area contributed by atoms with Gasteiger partial charge in [0, 0.05) is 11.9 Å². The van der Waals surface area contributed by atoms with Crippen molar-refractivity contribution in [2.45, 2.75) is 12.8 Å². The normalized spacial score (nSPS) is 22.8. The number of aromatic nitrogens is 2. The summed E-state index contributed by atoms with van der Waals surface area (Å²) >= 11 is 0. The molecule has 1 saturated heterocycles. The summed E-state index contributed by atoms with van der Waals surface area (Å²) in [7, 11) is 0. The van der Waals surface area contributed by atoms with Gasteiger partial charge in [-0.1, -0.05) is 0 Å². The van der Waals surface area contributed by atoms with E-state index in [9.17, 15) is 0 Å². The Labute approximate surface area is 72.2 Å². The highest BCUT2D eigenvalue weighted by atomic mass is 14.9. The molecule has 0 aliphatic carbocycles. The van der Waals surface area contributed by atoms with Crippen LogP contribution in [0.2, 0.25) is 0 Å². The fourth-order valence-electron chi connectivity index (χ4n) is 1.62. The molecule has 1 aliphatic rings. The molecular weight excluding hydrogens is 150 g/mol. The Balaban J connectivity index is 1.94. The van der Waals surface area contributed by atoms with E-state index in [1.165, 1.54) is 12.1 Å². The second-order valence-corrected chi connectivity index (χ2v) is 3.26. The molecule has 2 heterocycles. The molecule has 1 aromatic rings. The Morgan fingerprint density at radius 1 is 1.58 bits per heavy atom. The molecule has 1 aromatic heterocycles. The molecule has 1 fully saturated rings. The van der Waals surface area contributed by atoms with Crippen LogP contribution in [0.5, 0.6) is 0 Å². The molecule has 0 radical (unpaired) electrons. The number of nitrogens with zero attached hydrogens (tertiary/aromatic N) is 2. The maximum atomic E-state index is 4.20. The average molecular weight is 163 g/mol. The van der Waals surface area contributed by atoms with Crippen LogP contribution >= 0.6 is 0 Å². The van der Waals surface area contributed by atoms with Gasteiger partial charge in [-0.25, -0.2) is 9.97 Å². The van der Waals surface area contributed by atoms with Crippen molar-refractivity contribution in [3.05, 3.63) is 24.3 Å². The largest absolute Gasteiger partial charge is 0.316 e. The second kappa shape index (κ2) is 3.63. The van der Waals surface area contributed by atoms with E-state index in [1.54, 1.807) is 6.33 Å². The summed E-state index contributed by atoms with van der Waals surface area (Å²) in [5.41, 5.74) is 1.17. The lowest BCUT2D eigenvalue weighted by atomic mass is 10.0. The van der Waals surface area contributed by atoms with Crippen LogP contribution in [-0.4, -0.2) is 23.1 Å². The highest BCUT2D eigenvalue weighted by molar-refractivity contribution is 4.99. The molecule has 0 bridgehead atoms. The zero-order valence-electron chi connectivity index (χ0n) is 7.03. The molecule has 0 saturated carbocycles. The maximum absolute atomic E-state index is 4.20. The summed E-state index contributed by atoms with van der Waals surface area (Å²) in [6.07, 6.45) is 5.81. The smallest absolute Gasteiger partial charge is 0.115 e. The lowest BCUT2D eigenvalue weighted by Gasteiger charge is -2.05. The van der Waals surface area contributed by atoms with Crippen molar-refractivity contribution in [1.82, 2.24) is 15.3 Å². The van der Waals surface area contributed by atoms with E-state index in [1.807, 2.05) is 12.3 Å². The van der Waals surface area contributed by atoms with Crippen molar-refractivity contribution in [3.63, 3.8) is 0 Å². The third kappa shape index (κ3) is 1.80. The molecule has 0 aromatic carbocycles. The van der Waals surface area contributed by atoms with E-state index in [0.29, 0.717) is 0 Å². The first kappa shape index (κ1) is 7.68. The summed E-state index contributed by atoms with van der Waals surface area (Å²) in [5.74, 6) is 0.778. The lowest BCUT2D eigenvalue weighted by Crippen LogP contribution is -2.11. The van der Waals surface area contributed by atoms with Gasteiger partial charge in [-0.15, -0.1) is 0 Å². The first-order valence-corrected chi connectivity index (χ1v) is 4.41. The molecule has 0 spiro atoms. The molecule has 12 heavy (non-hydrogen) atoms. The third-order valence-corrected chi connectivity index (χ3v) is 2.30. The van der Waals surface area contributed by atoms with Crippen LogP contribution in [0.3, 0.4) is 0 Å². The second-order valence-electron chi connectivity index (χ2n) is 3.26. The fraction of sp³-hybridized carbons (Fsp3) is 0.556. The summed E-state index contributed by atoms with van der Waals surface area (Å²) < 4.78 is 0. The highest BCUT2D eigenvalue weighted by Crippen LogP contribution is 2.12. The van der Waals surface area contributed by atoms with Crippen LogP contribution in [0.4, 0.5) is 0 Å². The molecular formula is C9H13N3. The van der Waals surface area contributed by atoms with Gasteiger partial charge >= 0.3 is 0 Å². The van der Waals surface area contributed by atoms with Gasteiger partial charge < -0.3 is 5.32 Å². The average Bonchev–Trinajstić information content (AvgIpc) is 2.59. The molecule has 2 rings (SSSR count). The van der Waals surface area contributed by atoms with Gasteiger partial charge in [-0.05, 0) is 37.9 Å². The minimum absolute atomic E-state index is 0.778. The van der Waals surface area contributed by atoms with Gasteiger partial charge in [-0.2, -0.15) is 0 Å². The molecule has 3 heteroatoms. The fourth-order valence-corrected chi connectivity index (χ4v) is 1.62. The van der Waals surface area contributed by atoms with E-state index in [0.717, 1.165) is 25.4 Å². The Morgan fingerprint density at radius 2 is 2.58 bits per heavy atom. The minimum Gasteiger partial charge on any atom is -0.316 e. The number of nitrogens with one attached hydrogen (secondary N) is 1. The van der Waals surface area contributed by atoms with Gasteiger partial charge in [0.25, 0.3) is 0 Å². The third-order valence-electron chi connectivity index (χ3n) is 2.30. The predicted molar refractivity (Wildman–Crippen MR) is 46.7 cm³/mol. The van der Waals surface area contributed by atoms with Crippen LogP contribution in [0, 0.1) is 5.92 Å². The molecule has 0 amide bonds. The Hall–Kier alpha value is -0.960.